The summed E-state index contributed by atoms with van der Waals surface area (Å²) in [5.41, 5.74) is 2.63. The lowest BCUT2D eigenvalue weighted by atomic mass is 9.83. The lowest BCUT2D eigenvalue weighted by molar-refractivity contribution is -0.162. The van der Waals surface area contributed by atoms with E-state index in [-0.39, 0.29) is 68.9 Å². The summed E-state index contributed by atoms with van der Waals surface area (Å²) in [6.45, 7) is 8.25. The van der Waals surface area contributed by atoms with Gasteiger partial charge in [0, 0.05) is 77.0 Å². The second kappa shape index (κ2) is 30.1. The molecule has 0 radical (unpaired) electrons. The van der Waals surface area contributed by atoms with E-state index in [1.165, 1.54) is 38.0 Å². The molecule has 24 heteroatoms. The highest BCUT2D eigenvalue weighted by atomic mass is 35.5. The van der Waals surface area contributed by atoms with Crippen LogP contribution in [-0.2, 0) is 65.5 Å². The topological polar surface area (TPSA) is 259 Å². The molecule has 4 heterocycles. The Morgan fingerprint density at radius 3 is 2.37 bits per heavy atom. The molecule has 1 aromatic heterocycles. The van der Waals surface area contributed by atoms with Gasteiger partial charge in [0.25, 0.3) is 5.91 Å². The Bertz CT molecular complexity index is 2790. The van der Waals surface area contributed by atoms with Crippen molar-refractivity contribution in [2.45, 2.75) is 126 Å². The zero-order chi connectivity index (χ0) is 59.0. The number of carbonyl (C=O) groups is 6. The van der Waals surface area contributed by atoms with Crippen LogP contribution in [-0.4, -0.2) is 178 Å². The number of anilines is 1. The van der Waals surface area contributed by atoms with Crippen molar-refractivity contribution < 1.29 is 67.0 Å². The van der Waals surface area contributed by atoms with Crippen LogP contribution in [0.5, 0.6) is 5.75 Å². The number of unbranched alkanes of at least 4 members (excludes halogenated alkanes) is 1. The molecule has 4 N–H and O–H groups in total. The predicted octanol–water partition coefficient (Wildman–Crippen LogP) is 6.32. The molecule has 4 bridgehead atoms. The van der Waals surface area contributed by atoms with E-state index in [0.717, 1.165) is 39.5 Å². The Hall–Kier alpha value is -5.53. The van der Waals surface area contributed by atoms with Crippen LogP contribution in [0.15, 0.2) is 54.1 Å². The summed E-state index contributed by atoms with van der Waals surface area (Å²) in [5.74, 6) is -0.869. The number of nitrogens with zero attached hydrogens (tertiary/aromatic N) is 4. The van der Waals surface area contributed by atoms with Crippen molar-refractivity contribution in [1.82, 2.24) is 30.8 Å². The first-order valence-electron chi connectivity index (χ1n) is 27.0. The summed E-state index contributed by atoms with van der Waals surface area (Å²) in [6.07, 6.45) is 5.65. The maximum atomic E-state index is 14.5. The normalized spacial score (nSPS) is 24.4. The molecule has 81 heavy (non-hydrogen) atoms. The maximum Gasteiger partial charge on any atom is 0.409 e. The minimum Gasteiger partial charge on any atom is -0.495 e. The number of likely N-dealkylation sites (N-methyl/N-ethyl adjacent to an activating group) is 1. The van der Waals surface area contributed by atoms with Crippen LogP contribution in [0.1, 0.15) is 93.5 Å². The molecule has 3 aromatic rings. The van der Waals surface area contributed by atoms with Gasteiger partial charge in [0.2, 0.25) is 17.7 Å². The maximum absolute atomic E-state index is 14.5. The number of hydrogen-bond donors (Lipinski definition) is 4. The lowest BCUT2D eigenvalue weighted by Crippen LogP contribution is -2.63. The largest absolute Gasteiger partial charge is 0.495 e. The first kappa shape index (κ1) is 64.6. The molecule has 0 unspecified atom stereocenters. The number of hydrogen-bond acceptors (Lipinski definition) is 18. The quantitative estimate of drug-likeness (QED) is 0.0434. The number of aromatic nitrogens is 2. The van der Waals surface area contributed by atoms with Gasteiger partial charge < -0.3 is 58.7 Å². The van der Waals surface area contributed by atoms with Crippen molar-refractivity contribution in [2.24, 2.45) is 5.92 Å². The molecule has 2 aromatic carbocycles. The van der Waals surface area contributed by atoms with Gasteiger partial charge in [-0.25, -0.2) is 19.6 Å². The number of aliphatic hydroxyl groups is 1. The number of rotatable bonds is 24. The Morgan fingerprint density at radius 1 is 0.988 bits per heavy atom. The summed E-state index contributed by atoms with van der Waals surface area (Å²) in [7, 11) is 5.95. The summed E-state index contributed by atoms with van der Waals surface area (Å²) in [4.78, 5) is 92.6. The molecular formula is C57H78ClN7O14S2. The summed E-state index contributed by atoms with van der Waals surface area (Å²) < 4.78 is 40.9. The van der Waals surface area contributed by atoms with Crippen LogP contribution in [0.25, 0.3) is 11.0 Å². The van der Waals surface area contributed by atoms with Crippen LogP contribution < -0.4 is 25.6 Å². The molecule has 21 nitrogen and oxygen atoms in total. The molecule has 3 aliphatic heterocycles. The average Bonchev–Trinajstić information content (AvgIpc) is 3.51. The van der Waals surface area contributed by atoms with Gasteiger partial charge in [-0.05, 0) is 87.9 Å². The van der Waals surface area contributed by atoms with E-state index in [1.807, 2.05) is 31.6 Å². The first-order valence-corrected chi connectivity index (χ1v) is 30.1. The van der Waals surface area contributed by atoms with Gasteiger partial charge in [-0.3, -0.25) is 24.5 Å². The number of esters is 1. The third-order valence-electron chi connectivity index (χ3n) is 14.7. The molecule has 5 amide bonds. The van der Waals surface area contributed by atoms with Gasteiger partial charge in [0.05, 0.1) is 74.2 Å². The van der Waals surface area contributed by atoms with Gasteiger partial charge in [-0.2, -0.15) is 23.5 Å². The molecule has 444 valence electrons. The molecule has 0 spiro atoms. The van der Waals surface area contributed by atoms with E-state index >= 15 is 0 Å². The standard InChI is InChI=1S/C57H78ClN7O14S2/c1-34-14-13-16-47(74-8)57(72)31-46(77-55(71)63-57)35(2)52-56(4,79-52)48(30-50(68)65(6)44-27-37(26-34)28-45(73-7)51(44)58)78-54(70)43(64(5)36(3)66)15-11-12-20-59-49(67)19-22-75-24-25-76-23-21-60-53(69)38-17-18-39-40(29-38)62-42(33-81-10)41(61-39)32-80-9/h13-14,16-18,27-29,35,43,46-48,52,72H,11-12,15,19-26,30-33H2,1-10H3,(H,59,67)(H,60,69)(H,63,71)/b16-13+,34-14+/t35-,43+,46+,47-,48+,52+,56+,57+/m1/s1. The highest BCUT2D eigenvalue weighted by molar-refractivity contribution is 7.98. The highest BCUT2D eigenvalue weighted by Gasteiger charge is 2.64. The summed E-state index contributed by atoms with van der Waals surface area (Å²) >= 11 is 10.2. The molecule has 0 saturated carbocycles. The van der Waals surface area contributed by atoms with Gasteiger partial charge >= 0.3 is 12.1 Å². The van der Waals surface area contributed by atoms with Crippen LogP contribution in [0, 0.1) is 5.92 Å². The number of alkyl carbamates (subject to hydrolysis) is 1. The fourth-order valence-electron chi connectivity index (χ4n) is 9.89. The minimum absolute atomic E-state index is 0.0947. The van der Waals surface area contributed by atoms with E-state index in [1.54, 1.807) is 80.8 Å². The number of carbonyl (C=O) groups excluding carboxylic acids is 6. The second-order valence-electron chi connectivity index (χ2n) is 20.6. The van der Waals surface area contributed by atoms with Crippen LogP contribution >= 0.6 is 35.1 Å². The number of ether oxygens (including phenoxy) is 7. The highest BCUT2D eigenvalue weighted by Crippen LogP contribution is 2.49. The number of epoxide rings is 1. The van der Waals surface area contributed by atoms with Gasteiger partial charge in [-0.1, -0.05) is 42.3 Å². The van der Waals surface area contributed by atoms with Crippen molar-refractivity contribution in [3.8, 4) is 5.75 Å². The summed E-state index contributed by atoms with van der Waals surface area (Å²) in [5, 5.41) is 20.3. The van der Waals surface area contributed by atoms with Crippen LogP contribution in [0.2, 0.25) is 5.02 Å². The second-order valence-corrected chi connectivity index (χ2v) is 22.7. The lowest BCUT2D eigenvalue weighted by Gasteiger charge is -2.42. The number of thioether (sulfide) groups is 2. The van der Waals surface area contributed by atoms with Crippen molar-refractivity contribution in [3.63, 3.8) is 0 Å². The van der Waals surface area contributed by atoms with Crippen molar-refractivity contribution >= 4 is 87.5 Å². The number of halogens is 1. The van der Waals surface area contributed by atoms with E-state index in [0.29, 0.717) is 54.9 Å². The number of allylic oxidation sites excluding steroid dienone is 3. The van der Waals surface area contributed by atoms with Gasteiger partial charge in [-0.15, -0.1) is 0 Å². The zero-order valence-corrected chi connectivity index (χ0v) is 50.3. The monoisotopic (exact) mass is 1180 g/mol. The van der Waals surface area contributed by atoms with E-state index < -0.39 is 71.6 Å². The molecule has 2 saturated heterocycles. The molecular weight excluding hydrogens is 1110 g/mol. The van der Waals surface area contributed by atoms with E-state index in [4.69, 9.17) is 54.7 Å². The molecule has 2 fully saturated rings. The van der Waals surface area contributed by atoms with E-state index in [2.05, 4.69) is 16.0 Å². The molecule has 3 aliphatic rings. The third kappa shape index (κ3) is 17.3. The Morgan fingerprint density at radius 2 is 1.69 bits per heavy atom. The molecule has 0 aliphatic carbocycles. The Balaban J connectivity index is 1.00. The van der Waals surface area contributed by atoms with Crippen LogP contribution in [0.3, 0.4) is 0 Å². The third-order valence-corrected chi connectivity index (χ3v) is 16.2. The minimum atomic E-state index is -1.88. The van der Waals surface area contributed by atoms with Crippen molar-refractivity contribution in [2.75, 3.05) is 85.2 Å². The van der Waals surface area contributed by atoms with Crippen LogP contribution in [0.4, 0.5) is 10.5 Å². The zero-order valence-electron chi connectivity index (χ0n) is 47.9. The van der Waals surface area contributed by atoms with Gasteiger partial charge in [0.15, 0.2) is 5.72 Å². The van der Waals surface area contributed by atoms with Crippen molar-refractivity contribution in [3.05, 3.63) is 81.7 Å². The molecule has 6 rings (SSSR count). The average molecular weight is 1180 g/mol. The van der Waals surface area contributed by atoms with Crippen molar-refractivity contribution in [1.29, 1.82) is 0 Å². The number of nitrogens with one attached hydrogen (secondary N) is 3. The first-order chi connectivity index (χ1) is 38.7. The van der Waals surface area contributed by atoms with E-state index in [9.17, 15) is 33.9 Å². The molecule has 8 atom stereocenters. The number of amides is 5. The summed E-state index contributed by atoms with van der Waals surface area (Å²) in [6, 6.07) is 7.79. The smallest absolute Gasteiger partial charge is 0.409 e. The number of fused-ring (bicyclic) bond motifs is 6. The SMILES string of the molecule is COc1cc2cc(c1Cl)N(C)C(=O)C[C@H](OC(=O)[C@H](CCCCNC(=O)CCOCCOCCNC(=O)c1ccc3nc(CSC)c(CSC)nc3c1)N(C)C(C)=O)[C@]1(C)O[C@H]1[C@H](C)[C@@H]1C[C@@](O)(NC(=O)O1)[C@H](OC)/C=C/C=C(\C)C2. The number of methoxy groups -OCH3 is 2. The van der Waals surface area contributed by atoms with Gasteiger partial charge in [0.1, 0.15) is 40.7 Å². The number of benzene rings is 2. The Kier molecular flexibility index (Phi) is 24.1. The fraction of sp³-hybridized carbons (Fsp3) is 0.579. The fourth-order valence-corrected chi connectivity index (χ4v) is 11.2. The predicted molar refractivity (Wildman–Crippen MR) is 310 cm³/mol. The Labute approximate surface area is 487 Å².